The molecule has 2 aromatic rings. The van der Waals surface area contributed by atoms with Gasteiger partial charge in [-0.2, -0.15) is 5.10 Å². The van der Waals surface area contributed by atoms with E-state index in [0.717, 1.165) is 56.7 Å². The number of nitrogens with zero attached hydrogens (tertiary/aromatic N) is 4. The minimum atomic E-state index is -0.237. The minimum Gasteiger partial charge on any atom is -0.371 e. The van der Waals surface area contributed by atoms with Gasteiger partial charge in [0.2, 0.25) is 5.91 Å². The van der Waals surface area contributed by atoms with Crippen LogP contribution < -0.4 is 15.9 Å². The molecular formula is C20H26FN5O2. The molecule has 1 aromatic heterocycles. The van der Waals surface area contributed by atoms with Crippen LogP contribution in [0.4, 0.5) is 10.1 Å². The second-order valence-electron chi connectivity index (χ2n) is 7.70. The first-order valence-electron chi connectivity index (χ1n) is 10.0. The second kappa shape index (κ2) is 8.16. The number of halogens is 1. The van der Waals surface area contributed by atoms with Crippen molar-refractivity contribution >= 4 is 11.6 Å². The summed E-state index contributed by atoms with van der Waals surface area (Å²) in [4.78, 5) is 27.0. The van der Waals surface area contributed by atoms with Crippen LogP contribution >= 0.6 is 0 Å². The van der Waals surface area contributed by atoms with E-state index in [1.165, 1.54) is 16.8 Å². The maximum Gasteiger partial charge on any atom is 0.346 e. The minimum absolute atomic E-state index is 0.0345. The third-order valence-electron chi connectivity index (χ3n) is 5.64. The van der Waals surface area contributed by atoms with E-state index < -0.39 is 0 Å². The fourth-order valence-electron chi connectivity index (χ4n) is 4.06. The molecule has 8 heteroatoms. The number of rotatable bonds is 5. The lowest BCUT2D eigenvalue weighted by atomic mass is 10.1. The largest absolute Gasteiger partial charge is 0.371 e. The van der Waals surface area contributed by atoms with E-state index in [-0.39, 0.29) is 24.0 Å². The fourth-order valence-corrected chi connectivity index (χ4v) is 4.06. The zero-order valence-electron chi connectivity index (χ0n) is 15.9. The SMILES string of the molecule is O=C(Cn1nc2n(c1=O)CCCCC2)NC[C@H]1CCN(c2ccc(F)cc2)C1. The molecule has 28 heavy (non-hydrogen) atoms. The number of amides is 1. The van der Waals surface area contributed by atoms with Gasteiger partial charge in [0.05, 0.1) is 0 Å². The van der Waals surface area contributed by atoms with E-state index in [4.69, 9.17) is 0 Å². The van der Waals surface area contributed by atoms with Gasteiger partial charge in [-0.3, -0.25) is 9.36 Å². The summed E-state index contributed by atoms with van der Waals surface area (Å²) >= 11 is 0. The highest BCUT2D eigenvalue weighted by Crippen LogP contribution is 2.23. The van der Waals surface area contributed by atoms with Gasteiger partial charge in [-0.1, -0.05) is 6.42 Å². The summed E-state index contributed by atoms with van der Waals surface area (Å²) < 4.78 is 16.1. The molecule has 1 aromatic carbocycles. The lowest BCUT2D eigenvalue weighted by molar-refractivity contribution is -0.122. The number of hydrogen-bond donors (Lipinski definition) is 1. The smallest absolute Gasteiger partial charge is 0.346 e. The number of hydrogen-bond acceptors (Lipinski definition) is 4. The maximum atomic E-state index is 13.1. The van der Waals surface area contributed by atoms with Crippen molar-refractivity contribution in [2.75, 3.05) is 24.5 Å². The van der Waals surface area contributed by atoms with Gasteiger partial charge in [0.15, 0.2) is 0 Å². The number of fused-ring (bicyclic) bond motifs is 1. The van der Waals surface area contributed by atoms with Crippen LogP contribution in [0, 0.1) is 11.7 Å². The van der Waals surface area contributed by atoms with Crippen molar-refractivity contribution in [1.82, 2.24) is 19.7 Å². The summed E-state index contributed by atoms with van der Waals surface area (Å²) in [6, 6.07) is 6.50. The van der Waals surface area contributed by atoms with Crippen molar-refractivity contribution in [2.24, 2.45) is 5.92 Å². The van der Waals surface area contributed by atoms with E-state index in [1.807, 2.05) is 0 Å². The first-order valence-corrected chi connectivity index (χ1v) is 10.0. The highest BCUT2D eigenvalue weighted by Gasteiger charge is 2.23. The summed E-state index contributed by atoms with van der Waals surface area (Å²) in [6.45, 7) is 2.94. The lowest BCUT2D eigenvalue weighted by Crippen LogP contribution is -2.36. The van der Waals surface area contributed by atoms with Gasteiger partial charge in [-0.15, -0.1) is 0 Å². The Labute approximate surface area is 163 Å². The Kier molecular flexibility index (Phi) is 5.45. The zero-order valence-corrected chi connectivity index (χ0v) is 15.9. The molecule has 0 unspecified atom stereocenters. The Morgan fingerprint density at radius 1 is 1.18 bits per heavy atom. The molecule has 7 nitrogen and oxygen atoms in total. The van der Waals surface area contributed by atoms with Crippen molar-refractivity contribution in [2.45, 2.75) is 45.2 Å². The summed E-state index contributed by atoms with van der Waals surface area (Å²) in [5.74, 6) is 0.708. The fraction of sp³-hybridized carbons (Fsp3) is 0.550. The summed E-state index contributed by atoms with van der Waals surface area (Å²) in [7, 11) is 0. The van der Waals surface area contributed by atoms with Crippen LogP contribution in [0.5, 0.6) is 0 Å². The van der Waals surface area contributed by atoms with E-state index in [1.54, 1.807) is 16.7 Å². The van der Waals surface area contributed by atoms with Crippen molar-refractivity contribution in [1.29, 1.82) is 0 Å². The molecule has 1 fully saturated rings. The molecule has 1 saturated heterocycles. The summed E-state index contributed by atoms with van der Waals surface area (Å²) in [6.07, 6.45) is 4.90. The first kappa shape index (κ1) is 18.7. The van der Waals surface area contributed by atoms with Crippen LogP contribution in [0.3, 0.4) is 0 Å². The third kappa shape index (κ3) is 4.10. The molecule has 0 saturated carbocycles. The monoisotopic (exact) mass is 387 g/mol. The molecule has 1 N–H and O–H groups in total. The number of carbonyl (C=O) groups is 1. The van der Waals surface area contributed by atoms with E-state index >= 15 is 0 Å². The third-order valence-corrected chi connectivity index (χ3v) is 5.64. The molecule has 4 rings (SSSR count). The number of aryl methyl sites for hydroxylation is 1. The number of aromatic nitrogens is 3. The van der Waals surface area contributed by atoms with Crippen LogP contribution in [0.15, 0.2) is 29.1 Å². The normalized spacial score (nSPS) is 19.3. The van der Waals surface area contributed by atoms with Gasteiger partial charge in [-0.25, -0.2) is 13.9 Å². The molecule has 2 aliphatic heterocycles. The van der Waals surface area contributed by atoms with Crippen molar-refractivity contribution in [3.63, 3.8) is 0 Å². The Morgan fingerprint density at radius 2 is 2.00 bits per heavy atom. The number of anilines is 1. The first-order chi connectivity index (χ1) is 13.6. The Hall–Kier alpha value is -2.64. The van der Waals surface area contributed by atoms with E-state index in [0.29, 0.717) is 19.0 Å². The second-order valence-corrected chi connectivity index (χ2v) is 7.70. The Bertz CT molecular complexity index is 889. The topological polar surface area (TPSA) is 72.2 Å². The predicted molar refractivity (Wildman–Crippen MR) is 104 cm³/mol. The molecular weight excluding hydrogens is 361 g/mol. The molecule has 2 aliphatic rings. The quantitative estimate of drug-likeness (QED) is 0.845. The highest BCUT2D eigenvalue weighted by atomic mass is 19.1. The van der Waals surface area contributed by atoms with Crippen LogP contribution in [0.2, 0.25) is 0 Å². The average molecular weight is 387 g/mol. The van der Waals surface area contributed by atoms with Crippen LogP contribution in [0.1, 0.15) is 31.5 Å². The lowest BCUT2D eigenvalue weighted by Gasteiger charge is -2.18. The molecule has 3 heterocycles. The van der Waals surface area contributed by atoms with Crippen LogP contribution in [-0.2, 0) is 24.3 Å². The van der Waals surface area contributed by atoms with Gasteiger partial charge in [-0.05, 0) is 49.4 Å². The highest BCUT2D eigenvalue weighted by molar-refractivity contribution is 5.75. The molecule has 150 valence electrons. The predicted octanol–water partition coefficient (Wildman–Crippen LogP) is 1.55. The molecule has 1 amide bonds. The number of benzene rings is 1. The summed E-state index contributed by atoms with van der Waals surface area (Å²) in [5, 5.41) is 7.30. The standard InChI is InChI=1S/C20H26FN5O2/c21-16-5-7-17(8-6-16)24-11-9-15(13-24)12-22-19(27)14-26-20(28)25-10-3-1-2-4-18(25)23-26/h5-8,15H,1-4,9-14H2,(H,22,27)/t15-/m1/s1. The molecule has 1 atom stereocenters. The average Bonchev–Trinajstić information content (AvgIpc) is 3.18. The Balaban J connectivity index is 1.28. The van der Waals surface area contributed by atoms with Crippen molar-refractivity contribution < 1.29 is 9.18 Å². The van der Waals surface area contributed by atoms with E-state index in [2.05, 4.69) is 15.3 Å². The maximum absolute atomic E-state index is 13.1. The van der Waals surface area contributed by atoms with Crippen molar-refractivity contribution in [3.8, 4) is 0 Å². The van der Waals surface area contributed by atoms with Crippen LogP contribution in [0.25, 0.3) is 0 Å². The van der Waals surface area contributed by atoms with Gasteiger partial charge in [0.1, 0.15) is 18.2 Å². The zero-order chi connectivity index (χ0) is 19.5. The molecule has 0 spiro atoms. The van der Waals surface area contributed by atoms with Gasteiger partial charge >= 0.3 is 5.69 Å². The number of nitrogens with one attached hydrogen (secondary N) is 1. The molecule has 0 radical (unpaired) electrons. The van der Waals surface area contributed by atoms with Gasteiger partial charge < -0.3 is 10.2 Å². The van der Waals surface area contributed by atoms with Gasteiger partial charge in [0.25, 0.3) is 0 Å². The molecule has 0 aliphatic carbocycles. The van der Waals surface area contributed by atoms with Crippen LogP contribution in [-0.4, -0.2) is 39.9 Å². The Morgan fingerprint density at radius 3 is 2.82 bits per heavy atom. The van der Waals surface area contributed by atoms with Crippen molar-refractivity contribution in [3.05, 3.63) is 46.4 Å². The van der Waals surface area contributed by atoms with E-state index in [9.17, 15) is 14.0 Å². The summed E-state index contributed by atoms with van der Waals surface area (Å²) in [5.41, 5.74) is 0.816. The number of carbonyl (C=O) groups excluding carboxylic acids is 1. The molecule has 0 bridgehead atoms. The van der Waals surface area contributed by atoms with Gasteiger partial charge in [0, 0.05) is 38.3 Å².